The minimum absolute atomic E-state index is 0.111. The van der Waals surface area contributed by atoms with Gasteiger partial charge in [-0.2, -0.15) is 0 Å². The predicted molar refractivity (Wildman–Crippen MR) is 57.2 cm³/mol. The van der Waals surface area contributed by atoms with Gasteiger partial charge in [0.1, 0.15) is 16.4 Å². The first-order chi connectivity index (χ1) is 6.59. The van der Waals surface area contributed by atoms with Gasteiger partial charge in [-0.3, -0.25) is 4.79 Å². The van der Waals surface area contributed by atoms with Gasteiger partial charge in [0.2, 0.25) is 5.43 Å². The van der Waals surface area contributed by atoms with Crippen LogP contribution in [0.4, 0.5) is 0 Å². The minimum Gasteiger partial charge on any atom is -0.460 e. The molecule has 2 rings (SSSR count). The van der Waals surface area contributed by atoms with Crippen LogP contribution < -0.4 is 5.43 Å². The maximum atomic E-state index is 11.7. The van der Waals surface area contributed by atoms with Crippen LogP contribution in [0, 0.1) is 6.92 Å². The van der Waals surface area contributed by atoms with Crippen molar-refractivity contribution in [1.29, 1.82) is 0 Å². The molecule has 0 unspecified atom stereocenters. The van der Waals surface area contributed by atoms with E-state index in [1.54, 1.807) is 25.1 Å². The summed E-state index contributed by atoms with van der Waals surface area (Å²) in [7, 11) is 0. The van der Waals surface area contributed by atoms with Gasteiger partial charge in [-0.25, -0.2) is 0 Å². The molecule has 0 aliphatic rings. The molecule has 0 spiro atoms. The fraction of sp³-hybridized carbons (Fsp3) is 0.100. The fourth-order valence-corrected chi connectivity index (χ4v) is 1.57. The Kier molecular flexibility index (Phi) is 2.25. The van der Waals surface area contributed by atoms with Gasteiger partial charge in [-0.15, -0.1) is 0 Å². The summed E-state index contributed by atoms with van der Waals surface area (Å²) in [6.45, 7) is 1.65. The van der Waals surface area contributed by atoms with Crippen molar-refractivity contribution in [2.45, 2.75) is 6.92 Å². The van der Waals surface area contributed by atoms with E-state index >= 15 is 0 Å². The highest BCUT2D eigenvalue weighted by Crippen LogP contribution is 2.21. The normalized spacial score (nSPS) is 10.8. The summed E-state index contributed by atoms with van der Waals surface area (Å²) in [5, 5.41) is 1.01. The lowest BCUT2D eigenvalue weighted by Gasteiger charge is -2.00. The molecule has 0 saturated carbocycles. The van der Waals surface area contributed by atoms with E-state index in [0.29, 0.717) is 21.8 Å². The summed E-state index contributed by atoms with van der Waals surface area (Å²) in [6.07, 6.45) is 0. The molecule has 14 heavy (non-hydrogen) atoms. The van der Waals surface area contributed by atoms with E-state index < -0.39 is 0 Å². The minimum atomic E-state index is -0.243. The molecule has 0 atom stereocenters. The van der Waals surface area contributed by atoms with Gasteiger partial charge in [-0.05, 0) is 25.1 Å². The average molecular weight is 229 g/mol. The Labute approximate surface area is 90.1 Å². The molecular weight excluding hydrogens is 223 g/mol. The van der Waals surface area contributed by atoms with E-state index in [0.717, 1.165) is 0 Å². The summed E-state index contributed by atoms with van der Waals surface area (Å²) in [6, 6.07) is 4.87. The van der Waals surface area contributed by atoms with Crippen molar-refractivity contribution in [1.82, 2.24) is 0 Å². The van der Waals surface area contributed by atoms with Gasteiger partial charge >= 0.3 is 0 Å². The average Bonchev–Trinajstić information content (AvgIpc) is 2.16. The Morgan fingerprint density at radius 2 is 2.00 bits per heavy atom. The second-order valence-electron chi connectivity index (χ2n) is 2.94. The van der Waals surface area contributed by atoms with Gasteiger partial charge in [-0.1, -0.05) is 23.2 Å². The SMILES string of the molecule is Cc1oc2ccc(Cl)cc2c(=O)c1Cl. The monoisotopic (exact) mass is 228 g/mol. The Morgan fingerprint density at radius 3 is 2.71 bits per heavy atom. The summed E-state index contributed by atoms with van der Waals surface area (Å²) >= 11 is 11.5. The van der Waals surface area contributed by atoms with E-state index in [-0.39, 0.29) is 10.5 Å². The van der Waals surface area contributed by atoms with Crippen LogP contribution in [0.1, 0.15) is 5.76 Å². The number of hydrogen-bond acceptors (Lipinski definition) is 2. The zero-order valence-corrected chi connectivity index (χ0v) is 8.82. The van der Waals surface area contributed by atoms with Crippen LogP contribution >= 0.6 is 23.2 Å². The molecule has 1 aromatic heterocycles. The van der Waals surface area contributed by atoms with E-state index in [9.17, 15) is 4.79 Å². The first-order valence-electron chi connectivity index (χ1n) is 3.98. The Bertz CT molecular complexity index is 558. The Hall–Kier alpha value is -0.990. The van der Waals surface area contributed by atoms with Crippen LogP contribution in [0.2, 0.25) is 10.0 Å². The molecule has 72 valence electrons. The van der Waals surface area contributed by atoms with Crippen molar-refractivity contribution >= 4 is 34.2 Å². The smallest absolute Gasteiger partial charge is 0.211 e. The van der Waals surface area contributed by atoms with Gasteiger partial charge in [0.25, 0.3) is 0 Å². The number of rotatable bonds is 0. The van der Waals surface area contributed by atoms with Crippen molar-refractivity contribution in [3.63, 3.8) is 0 Å². The molecular formula is C10H6Cl2O2. The number of aryl methyl sites for hydroxylation is 1. The molecule has 0 N–H and O–H groups in total. The molecule has 1 heterocycles. The van der Waals surface area contributed by atoms with E-state index in [1.807, 2.05) is 0 Å². The van der Waals surface area contributed by atoms with Gasteiger partial charge in [0.05, 0.1) is 5.39 Å². The molecule has 0 aliphatic heterocycles. The lowest BCUT2D eigenvalue weighted by Crippen LogP contribution is -2.03. The van der Waals surface area contributed by atoms with E-state index in [1.165, 1.54) is 0 Å². The summed E-state index contributed by atoms with van der Waals surface area (Å²) < 4.78 is 5.34. The van der Waals surface area contributed by atoms with Gasteiger partial charge < -0.3 is 4.42 Å². The highest BCUT2D eigenvalue weighted by molar-refractivity contribution is 6.32. The molecule has 4 heteroatoms. The molecule has 0 bridgehead atoms. The van der Waals surface area contributed by atoms with Gasteiger partial charge in [0.15, 0.2) is 0 Å². The second kappa shape index (κ2) is 3.30. The summed E-state index contributed by atoms with van der Waals surface area (Å²) in [5.41, 5.74) is 0.259. The number of fused-ring (bicyclic) bond motifs is 1. The van der Waals surface area contributed by atoms with Crippen molar-refractivity contribution in [3.05, 3.63) is 44.2 Å². The largest absolute Gasteiger partial charge is 0.460 e. The topological polar surface area (TPSA) is 30.2 Å². The van der Waals surface area contributed by atoms with Crippen LogP contribution in [0.5, 0.6) is 0 Å². The highest BCUT2D eigenvalue weighted by Gasteiger charge is 2.08. The lowest BCUT2D eigenvalue weighted by atomic mass is 10.2. The van der Waals surface area contributed by atoms with Crippen molar-refractivity contribution in [2.75, 3.05) is 0 Å². The first-order valence-corrected chi connectivity index (χ1v) is 4.73. The van der Waals surface area contributed by atoms with Crippen LogP contribution in [-0.2, 0) is 0 Å². The van der Waals surface area contributed by atoms with Crippen molar-refractivity contribution < 1.29 is 4.42 Å². The first kappa shape index (κ1) is 9.56. The molecule has 0 saturated heterocycles. The van der Waals surface area contributed by atoms with Crippen LogP contribution in [-0.4, -0.2) is 0 Å². The lowest BCUT2D eigenvalue weighted by molar-refractivity contribution is 0.565. The summed E-state index contributed by atoms with van der Waals surface area (Å²) in [5.74, 6) is 0.423. The molecule has 2 nitrogen and oxygen atoms in total. The molecule has 2 aromatic rings. The second-order valence-corrected chi connectivity index (χ2v) is 3.76. The van der Waals surface area contributed by atoms with Crippen molar-refractivity contribution in [3.8, 4) is 0 Å². The molecule has 0 radical (unpaired) electrons. The number of hydrogen-bond donors (Lipinski definition) is 0. The Balaban J connectivity index is 2.99. The third kappa shape index (κ3) is 1.41. The van der Waals surface area contributed by atoms with Crippen LogP contribution in [0.15, 0.2) is 27.4 Å². The molecule has 0 amide bonds. The quantitative estimate of drug-likeness (QED) is 0.692. The Morgan fingerprint density at radius 1 is 1.29 bits per heavy atom. The van der Waals surface area contributed by atoms with E-state index in [2.05, 4.69) is 0 Å². The third-order valence-electron chi connectivity index (χ3n) is 1.96. The molecule has 0 aliphatic carbocycles. The maximum absolute atomic E-state index is 11.7. The van der Waals surface area contributed by atoms with Crippen LogP contribution in [0.3, 0.4) is 0 Å². The zero-order chi connectivity index (χ0) is 10.3. The predicted octanol–water partition coefficient (Wildman–Crippen LogP) is 3.41. The maximum Gasteiger partial charge on any atom is 0.211 e. The van der Waals surface area contributed by atoms with Crippen molar-refractivity contribution in [2.24, 2.45) is 0 Å². The molecule has 0 fully saturated rings. The fourth-order valence-electron chi connectivity index (χ4n) is 1.26. The molecule has 1 aromatic carbocycles. The number of halogens is 2. The number of benzene rings is 1. The standard InChI is InChI=1S/C10H6Cl2O2/c1-5-9(12)10(13)7-4-6(11)2-3-8(7)14-5/h2-4H,1H3. The highest BCUT2D eigenvalue weighted by atomic mass is 35.5. The van der Waals surface area contributed by atoms with E-state index in [4.69, 9.17) is 27.6 Å². The summed E-state index contributed by atoms with van der Waals surface area (Å²) in [4.78, 5) is 11.7. The zero-order valence-electron chi connectivity index (χ0n) is 7.30. The third-order valence-corrected chi connectivity index (χ3v) is 2.63. The van der Waals surface area contributed by atoms with Crippen LogP contribution in [0.25, 0.3) is 11.0 Å². The van der Waals surface area contributed by atoms with Gasteiger partial charge in [0, 0.05) is 5.02 Å².